The van der Waals surface area contributed by atoms with Gasteiger partial charge in [-0.15, -0.1) is 0 Å². The van der Waals surface area contributed by atoms with E-state index in [9.17, 15) is 4.79 Å². The fourth-order valence-electron chi connectivity index (χ4n) is 1.89. The summed E-state index contributed by atoms with van der Waals surface area (Å²) in [7, 11) is 0. The van der Waals surface area contributed by atoms with E-state index < -0.39 is 0 Å². The zero-order valence-electron chi connectivity index (χ0n) is 10.6. The van der Waals surface area contributed by atoms with Crippen LogP contribution in [0, 0.1) is 0 Å². The Balaban J connectivity index is 3.53. The molecular formula is C13H17BrNOZr. The molecule has 0 aliphatic rings. The van der Waals surface area contributed by atoms with Gasteiger partial charge in [0.05, 0.1) is 0 Å². The molecule has 0 heterocycles. The van der Waals surface area contributed by atoms with Gasteiger partial charge in [-0.2, -0.15) is 0 Å². The molecule has 0 spiro atoms. The molecule has 0 unspecified atom stereocenters. The quantitative estimate of drug-likeness (QED) is 0.855. The summed E-state index contributed by atoms with van der Waals surface area (Å²) < 4.78 is 3.87. The van der Waals surface area contributed by atoms with Gasteiger partial charge < -0.3 is 0 Å². The van der Waals surface area contributed by atoms with Crippen molar-refractivity contribution in [2.45, 2.75) is 39.5 Å². The van der Waals surface area contributed by atoms with Crippen molar-refractivity contribution >= 4 is 21.8 Å². The molecule has 1 rings (SSSR count). The normalized spacial score (nSPS) is 10.9. The number of rotatable bonds is 3. The van der Waals surface area contributed by atoms with Crippen LogP contribution in [0.2, 0.25) is 0 Å². The van der Waals surface area contributed by atoms with Gasteiger partial charge in [0.25, 0.3) is 0 Å². The van der Waals surface area contributed by atoms with Crippen molar-refractivity contribution in [1.29, 1.82) is 0 Å². The third kappa shape index (κ3) is 3.51. The molecule has 17 heavy (non-hydrogen) atoms. The van der Waals surface area contributed by atoms with E-state index in [1.165, 1.54) is 0 Å². The van der Waals surface area contributed by atoms with Gasteiger partial charge in [-0.3, -0.25) is 0 Å². The van der Waals surface area contributed by atoms with Crippen LogP contribution in [-0.2, 0) is 25.0 Å². The molecule has 0 bridgehead atoms. The van der Waals surface area contributed by atoms with Gasteiger partial charge in [0.2, 0.25) is 0 Å². The average Bonchev–Trinajstić information content (AvgIpc) is 2.26. The Morgan fingerprint density at radius 1 is 1.18 bits per heavy atom. The van der Waals surface area contributed by atoms with Gasteiger partial charge in [-0.1, -0.05) is 0 Å². The van der Waals surface area contributed by atoms with Crippen LogP contribution >= 0.6 is 15.9 Å². The summed E-state index contributed by atoms with van der Waals surface area (Å²) in [5.41, 5.74) is 3.08. The number of carbonyl (C=O) groups is 1. The molecule has 0 atom stereocenters. The van der Waals surface area contributed by atoms with Crippen LogP contribution in [-0.4, -0.2) is 5.91 Å². The van der Waals surface area contributed by atoms with E-state index in [2.05, 4.69) is 59.0 Å². The zero-order chi connectivity index (χ0) is 13.2. The molecule has 0 aliphatic heterocycles. The SMILES string of the molecule is CC(C)c1cc(Br)cc(C(C)C)c1C(=O)[NH][Zr]. The first kappa shape index (κ1) is 15.1. The molecule has 0 saturated heterocycles. The zero-order valence-corrected chi connectivity index (χ0v) is 14.6. The Kier molecular flexibility index (Phi) is 5.59. The van der Waals surface area contributed by atoms with Crippen LogP contribution in [0.3, 0.4) is 0 Å². The first-order chi connectivity index (χ1) is 7.88. The van der Waals surface area contributed by atoms with Crippen molar-refractivity contribution in [1.82, 2.24) is 3.26 Å². The summed E-state index contributed by atoms with van der Waals surface area (Å²) in [6, 6.07) is 4.11. The summed E-state index contributed by atoms with van der Waals surface area (Å²) in [5.74, 6) is 0.726. The number of hydrogen-bond acceptors (Lipinski definition) is 1. The van der Waals surface area contributed by atoms with E-state index in [1.807, 2.05) is 0 Å². The van der Waals surface area contributed by atoms with Crippen LogP contribution in [0.5, 0.6) is 0 Å². The number of halogens is 1. The van der Waals surface area contributed by atoms with E-state index in [4.69, 9.17) is 0 Å². The first-order valence-corrected chi connectivity index (χ1v) is 7.71. The number of benzene rings is 1. The molecule has 1 N–H and O–H groups in total. The topological polar surface area (TPSA) is 29.1 Å². The van der Waals surface area contributed by atoms with Crippen molar-refractivity contribution in [3.63, 3.8) is 0 Å². The number of hydrogen-bond donors (Lipinski definition) is 1. The predicted octanol–water partition coefficient (Wildman–Crippen LogP) is 3.89. The third-order valence-electron chi connectivity index (χ3n) is 2.75. The van der Waals surface area contributed by atoms with Crippen LogP contribution in [0.15, 0.2) is 16.6 Å². The fraction of sp³-hybridized carbons (Fsp3) is 0.462. The molecule has 0 aromatic heterocycles. The van der Waals surface area contributed by atoms with E-state index in [1.54, 1.807) is 0 Å². The molecule has 1 amide bonds. The maximum absolute atomic E-state index is 12.1. The van der Waals surface area contributed by atoms with Gasteiger partial charge in [-0.25, -0.2) is 0 Å². The van der Waals surface area contributed by atoms with Crippen molar-refractivity contribution in [2.24, 2.45) is 0 Å². The second-order valence-electron chi connectivity index (χ2n) is 4.72. The van der Waals surface area contributed by atoms with Crippen LogP contribution in [0.4, 0.5) is 0 Å². The fourth-order valence-corrected chi connectivity index (χ4v) is 2.69. The predicted molar refractivity (Wildman–Crippen MR) is 69.8 cm³/mol. The standard InChI is InChI=1S/C13H18BrNO.Zr/c1-7(2)10-5-9(14)6-11(8(3)4)12(10)13(15)16;/h5-8H,1-4H3,(H2,15,16);/q;+1/p-1. The molecule has 1 aromatic rings. The summed E-state index contributed by atoms with van der Waals surface area (Å²) >= 11 is 4.56. The van der Waals surface area contributed by atoms with Crippen LogP contribution in [0.1, 0.15) is 61.0 Å². The molecule has 2 nitrogen and oxygen atoms in total. The van der Waals surface area contributed by atoms with E-state index in [0.29, 0.717) is 11.8 Å². The van der Waals surface area contributed by atoms with Gasteiger partial charge in [0, 0.05) is 0 Å². The Morgan fingerprint density at radius 3 is 1.88 bits per heavy atom. The van der Waals surface area contributed by atoms with Gasteiger partial charge in [0.15, 0.2) is 0 Å². The Labute approximate surface area is 127 Å². The molecule has 1 aromatic carbocycles. The average molecular weight is 374 g/mol. The molecule has 0 radical (unpaired) electrons. The molecular weight excluding hydrogens is 357 g/mol. The van der Waals surface area contributed by atoms with Crippen molar-refractivity contribution in [3.8, 4) is 0 Å². The van der Waals surface area contributed by atoms with Crippen molar-refractivity contribution in [3.05, 3.63) is 33.3 Å². The van der Waals surface area contributed by atoms with Crippen molar-refractivity contribution in [2.75, 3.05) is 0 Å². The van der Waals surface area contributed by atoms with Crippen molar-refractivity contribution < 1.29 is 29.8 Å². The first-order valence-electron chi connectivity index (χ1n) is 5.68. The van der Waals surface area contributed by atoms with Crippen LogP contribution < -0.4 is 3.26 Å². The molecule has 0 saturated carbocycles. The maximum atomic E-state index is 12.1. The summed E-state index contributed by atoms with van der Waals surface area (Å²) in [6.45, 7) is 8.47. The monoisotopic (exact) mass is 372 g/mol. The van der Waals surface area contributed by atoms with E-state index in [0.717, 1.165) is 46.2 Å². The Hall–Kier alpha value is 0.0531. The molecule has 0 aliphatic carbocycles. The molecule has 91 valence electrons. The second kappa shape index (κ2) is 6.29. The second-order valence-corrected chi connectivity index (χ2v) is 6.25. The molecule has 0 fully saturated rings. The van der Waals surface area contributed by atoms with Crippen LogP contribution in [0.25, 0.3) is 0 Å². The minimum atomic E-state index is 0.0445. The summed E-state index contributed by atoms with van der Waals surface area (Å²) in [5, 5.41) is 0. The van der Waals surface area contributed by atoms with Gasteiger partial charge in [-0.05, 0) is 0 Å². The minimum absolute atomic E-state index is 0.0445. The Bertz CT molecular complexity index is 400. The van der Waals surface area contributed by atoms with E-state index >= 15 is 0 Å². The van der Waals surface area contributed by atoms with Gasteiger partial charge in [0.1, 0.15) is 0 Å². The van der Waals surface area contributed by atoms with Gasteiger partial charge >= 0.3 is 128 Å². The Morgan fingerprint density at radius 2 is 1.59 bits per heavy atom. The third-order valence-corrected chi connectivity index (χ3v) is 3.76. The summed E-state index contributed by atoms with van der Waals surface area (Å²) in [6.07, 6.45) is 0. The molecule has 4 heteroatoms. The number of amides is 1. The summed E-state index contributed by atoms with van der Waals surface area (Å²) in [4.78, 5) is 12.1. The van der Waals surface area contributed by atoms with E-state index in [-0.39, 0.29) is 5.91 Å². The number of carbonyl (C=O) groups excluding carboxylic acids is 1. The number of nitrogens with one attached hydrogen (secondary N) is 1.